The normalized spacial score (nSPS) is 10.9. The molecule has 0 bridgehead atoms. The van der Waals surface area contributed by atoms with E-state index in [0.29, 0.717) is 18.6 Å². The number of Topliss-reactive ketones (excluding diaryl/α,β-unsaturated/α-hetero) is 1. The molecule has 1 heterocycles. The van der Waals surface area contributed by atoms with E-state index in [0.717, 1.165) is 16.4 Å². The van der Waals surface area contributed by atoms with Crippen LogP contribution in [-0.2, 0) is 11.2 Å². The largest absolute Gasteiger partial charge is 0.361 e. The molecule has 2 rings (SSSR count). The summed E-state index contributed by atoms with van der Waals surface area (Å²) >= 11 is 3.46. The Labute approximate surface area is 103 Å². The molecule has 84 valence electrons. The van der Waals surface area contributed by atoms with Crippen LogP contribution in [0, 0.1) is 0 Å². The van der Waals surface area contributed by atoms with Crippen LogP contribution in [-0.4, -0.2) is 10.8 Å². The van der Waals surface area contributed by atoms with E-state index >= 15 is 0 Å². The lowest BCUT2D eigenvalue weighted by atomic mass is 10.1. The fourth-order valence-corrected chi connectivity index (χ4v) is 2.17. The van der Waals surface area contributed by atoms with Gasteiger partial charge in [0.2, 0.25) is 0 Å². The first-order valence-corrected chi connectivity index (χ1v) is 6.27. The van der Waals surface area contributed by atoms with Gasteiger partial charge >= 0.3 is 0 Å². The molecular formula is C13H14BrNO. The summed E-state index contributed by atoms with van der Waals surface area (Å²) < 4.78 is 1.07. The van der Waals surface area contributed by atoms with Crippen LogP contribution in [0.3, 0.4) is 0 Å². The summed E-state index contributed by atoms with van der Waals surface area (Å²) in [5, 5.41) is 1.21. The van der Waals surface area contributed by atoms with Crippen molar-refractivity contribution in [2.45, 2.75) is 26.2 Å². The molecule has 0 saturated carbocycles. The topological polar surface area (TPSA) is 32.9 Å². The van der Waals surface area contributed by atoms with Crippen LogP contribution in [0.2, 0.25) is 0 Å². The predicted molar refractivity (Wildman–Crippen MR) is 69.6 cm³/mol. The van der Waals surface area contributed by atoms with Gasteiger partial charge in [-0.05, 0) is 30.2 Å². The number of carbonyl (C=O) groups excluding carboxylic acids is 1. The molecule has 2 aromatic rings. The maximum absolute atomic E-state index is 11.3. The highest BCUT2D eigenvalue weighted by Crippen LogP contribution is 2.23. The molecule has 0 aliphatic carbocycles. The van der Waals surface area contributed by atoms with Crippen LogP contribution < -0.4 is 0 Å². The van der Waals surface area contributed by atoms with Crippen molar-refractivity contribution in [3.8, 4) is 0 Å². The van der Waals surface area contributed by atoms with Crippen LogP contribution in [0.1, 0.15) is 25.3 Å². The number of ketones is 1. The number of fused-ring (bicyclic) bond motifs is 1. The van der Waals surface area contributed by atoms with Gasteiger partial charge in [-0.15, -0.1) is 0 Å². The number of rotatable bonds is 4. The molecule has 3 heteroatoms. The van der Waals surface area contributed by atoms with Gasteiger partial charge in [-0.3, -0.25) is 4.79 Å². The second kappa shape index (κ2) is 4.83. The van der Waals surface area contributed by atoms with Gasteiger partial charge in [-0.1, -0.05) is 22.9 Å². The van der Waals surface area contributed by atoms with Crippen molar-refractivity contribution < 1.29 is 4.79 Å². The Kier molecular flexibility index (Phi) is 3.44. The molecule has 1 N–H and O–H groups in total. The lowest BCUT2D eigenvalue weighted by molar-refractivity contribution is -0.118. The van der Waals surface area contributed by atoms with Crippen molar-refractivity contribution in [3.63, 3.8) is 0 Å². The molecule has 2 nitrogen and oxygen atoms in total. The highest BCUT2D eigenvalue weighted by molar-refractivity contribution is 9.10. The first-order valence-electron chi connectivity index (χ1n) is 5.48. The Hall–Kier alpha value is -1.09. The van der Waals surface area contributed by atoms with Gasteiger partial charge in [0.25, 0.3) is 0 Å². The minimum Gasteiger partial charge on any atom is -0.361 e. The zero-order chi connectivity index (χ0) is 11.5. The van der Waals surface area contributed by atoms with Crippen molar-refractivity contribution in [3.05, 3.63) is 34.4 Å². The third kappa shape index (κ3) is 2.35. The quantitative estimate of drug-likeness (QED) is 0.906. The maximum Gasteiger partial charge on any atom is 0.132 e. The average Bonchev–Trinajstić information content (AvgIpc) is 2.68. The molecule has 0 spiro atoms. The Morgan fingerprint density at radius 2 is 2.25 bits per heavy atom. The summed E-state index contributed by atoms with van der Waals surface area (Å²) in [4.78, 5) is 14.5. The van der Waals surface area contributed by atoms with Crippen LogP contribution in [0.4, 0.5) is 0 Å². The summed E-state index contributed by atoms with van der Waals surface area (Å²) in [5.41, 5.74) is 2.35. The van der Waals surface area contributed by atoms with Crippen LogP contribution in [0.15, 0.2) is 28.9 Å². The van der Waals surface area contributed by atoms with Crippen LogP contribution >= 0.6 is 15.9 Å². The second-order valence-electron chi connectivity index (χ2n) is 3.90. The third-order valence-corrected chi connectivity index (χ3v) is 3.29. The van der Waals surface area contributed by atoms with Crippen molar-refractivity contribution in [1.29, 1.82) is 0 Å². The van der Waals surface area contributed by atoms with Crippen LogP contribution in [0.5, 0.6) is 0 Å². The standard InChI is InChI=1S/C13H14BrNO/c1-2-11(16)5-3-9-8-15-13-6-4-10(14)7-12(9)13/h4,6-8,15H,2-3,5H2,1H3. The van der Waals surface area contributed by atoms with E-state index in [9.17, 15) is 4.79 Å². The van der Waals surface area contributed by atoms with Gasteiger partial charge in [0, 0.05) is 34.4 Å². The summed E-state index contributed by atoms with van der Waals surface area (Å²) in [6.45, 7) is 1.91. The Balaban J connectivity index is 2.24. The van der Waals surface area contributed by atoms with Crippen molar-refractivity contribution in [2.24, 2.45) is 0 Å². The first kappa shape index (κ1) is 11.4. The number of aryl methyl sites for hydroxylation is 1. The lowest BCUT2D eigenvalue weighted by Crippen LogP contribution is -1.97. The minimum atomic E-state index is 0.323. The van der Waals surface area contributed by atoms with E-state index in [1.165, 1.54) is 10.9 Å². The van der Waals surface area contributed by atoms with Gasteiger partial charge in [0.15, 0.2) is 0 Å². The summed E-state index contributed by atoms with van der Waals surface area (Å²) in [6.07, 6.45) is 4.09. The smallest absolute Gasteiger partial charge is 0.132 e. The number of halogens is 1. The van der Waals surface area contributed by atoms with Crippen molar-refractivity contribution in [1.82, 2.24) is 4.98 Å². The van der Waals surface area contributed by atoms with Gasteiger partial charge in [0.05, 0.1) is 0 Å². The number of benzene rings is 1. The molecule has 0 saturated heterocycles. The minimum absolute atomic E-state index is 0.323. The van der Waals surface area contributed by atoms with Gasteiger partial charge in [-0.25, -0.2) is 0 Å². The maximum atomic E-state index is 11.3. The number of nitrogens with one attached hydrogen (secondary N) is 1. The Morgan fingerprint density at radius 3 is 3.00 bits per heavy atom. The lowest BCUT2D eigenvalue weighted by Gasteiger charge is -1.98. The summed E-state index contributed by atoms with van der Waals surface area (Å²) in [7, 11) is 0. The zero-order valence-corrected chi connectivity index (χ0v) is 10.8. The monoisotopic (exact) mass is 279 g/mol. The number of hydrogen-bond donors (Lipinski definition) is 1. The highest BCUT2D eigenvalue weighted by atomic mass is 79.9. The number of carbonyl (C=O) groups is 1. The van der Waals surface area contributed by atoms with Crippen molar-refractivity contribution in [2.75, 3.05) is 0 Å². The Morgan fingerprint density at radius 1 is 1.44 bits per heavy atom. The molecule has 0 aliphatic heterocycles. The van der Waals surface area contributed by atoms with Crippen LogP contribution in [0.25, 0.3) is 10.9 Å². The van der Waals surface area contributed by atoms with E-state index in [1.54, 1.807) is 0 Å². The molecule has 0 amide bonds. The van der Waals surface area contributed by atoms with E-state index in [2.05, 4.69) is 27.0 Å². The highest BCUT2D eigenvalue weighted by Gasteiger charge is 2.06. The van der Waals surface area contributed by atoms with Gasteiger partial charge in [0.1, 0.15) is 5.78 Å². The Bertz CT molecular complexity index is 516. The van der Waals surface area contributed by atoms with E-state index in [-0.39, 0.29) is 0 Å². The molecule has 1 aromatic carbocycles. The SMILES string of the molecule is CCC(=O)CCc1c[nH]c2ccc(Br)cc12. The van der Waals surface area contributed by atoms with Gasteiger partial charge in [-0.2, -0.15) is 0 Å². The number of hydrogen-bond acceptors (Lipinski definition) is 1. The van der Waals surface area contributed by atoms with E-state index in [4.69, 9.17) is 0 Å². The summed E-state index contributed by atoms with van der Waals surface area (Å²) in [6, 6.07) is 6.15. The fraction of sp³-hybridized carbons (Fsp3) is 0.308. The van der Waals surface area contributed by atoms with Gasteiger partial charge < -0.3 is 4.98 Å². The molecule has 0 radical (unpaired) electrons. The molecular weight excluding hydrogens is 266 g/mol. The number of H-pyrrole nitrogens is 1. The second-order valence-corrected chi connectivity index (χ2v) is 4.81. The van der Waals surface area contributed by atoms with E-state index in [1.807, 2.05) is 25.3 Å². The summed E-state index contributed by atoms with van der Waals surface area (Å²) in [5.74, 6) is 0.323. The third-order valence-electron chi connectivity index (χ3n) is 2.80. The molecule has 16 heavy (non-hydrogen) atoms. The first-order chi connectivity index (χ1) is 7.70. The number of aromatic nitrogens is 1. The fourth-order valence-electron chi connectivity index (χ4n) is 1.81. The van der Waals surface area contributed by atoms with E-state index < -0.39 is 0 Å². The molecule has 1 aromatic heterocycles. The molecule has 0 fully saturated rings. The molecule has 0 atom stereocenters. The zero-order valence-electron chi connectivity index (χ0n) is 9.22. The molecule has 0 unspecified atom stereocenters. The molecule has 0 aliphatic rings. The number of aromatic amines is 1. The average molecular weight is 280 g/mol. The van der Waals surface area contributed by atoms with Crippen molar-refractivity contribution >= 4 is 32.6 Å². The predicted octanol–water partition coefficient (Wildman–Crippen LogP) is 3.84.